The van der Waals surface area contributed by atoms with Crippen LogP contribution in [0.25, 0.3) is 0 Å². The first kappa shape index (κ1) is 17.9. The lowest BCUT2D eigenvalue weighted by atomic mass is 9.98. The second-order valence-electron chi connectivity index (χ2n) is 5.11. The minimum absolute atomic E-state index is 0.222. The van der Waals surface area contributed by atoms with Crippen LogP contribution in [0.4, 0.5) is 17.6 Å². The Hall–Kier alpha value is -1.14. The van der Waals surface area contributed by atoms with Crippen LogP contribution in [-0.4, -0.2) is 25.9 Å². The van der Waals surface area contributed by atoms with E-state index in [0.29, 0.717) is 17.7 Å². The number of alkyl halides is 3. The van der Waals surface area contributed by atoms with E-state index >= 15 is 0 Å². The molecule has 6 heteroatoms. The zero-order valence-corrected chi connectivity index (χ0v) is 12.5. The molecule has 120 valence electrons. The van der Waals surface area contributed by atoms with Gasteiger partial charge >= 0.3 is 6.18 Å². The molecular formula is C15H21F4NO. The molecule has 0 saturated carbocycles. The van der Waals surface area contributed by atoms with Crippen molar-refractivity contribution in [3.63, 3.8) is 0 Å². The normalized spacial score (nSPS) is 13.5. The molecule has 1 rings (SSSR count). The molecule has 0 aliphatic heterocycles. The average Bonchev–Trinajstić information content (AvgIpc) is 2.32. The summed E-state index contributed by atoms with van der Waals surface area (Å²) < 4.78 is 55.3. The maximum Gasteiger partial charge on any atom is 0.411 e. The molecule has 0 aromatic heterocycles. The highest BCUT2D eigenvalue weighted by molar-refractivity contribution is 5.34. The molecule has 0 fully saturated rings. The second-order valence-corrected chi connectivity index (χ2v) is 5.11. The lowest BCUT2D eigenvalue weighted by Gasteiger charge is -2.22. The molecule has 0 aliphatic rings. The predicted octanol–water partition coefficient (Wildman–Crippen LogP) is 4.06. The SMILES string of the molecule is CCCNC(COCC(F)(F)F)c1c(C)cc(C)cc1F. The molecule has 1 unspecified atom stereocenters. The Morgan fingerprint density at radius 2 is 1.90 bits per heavy atom. The Labute approximate surface area is 122 Å². The average molecular weight is 307 g/mol. The molecule has 0 spiro atoms. The highest BCUT2D eigenvalue weighted by atomic mass is 19.4. The quantitative estimate of drug-likeness (QED) is 0.767. The van der Waals surface area contributed by atoms with Gasteiger partial charge in [0.15, 0.2) is 0 Å². The summed E-state index contributed by atoms with van der Waals surface area (Å²) in [6.45, 7) is 4.47. The van der Waals surface area contributed by atoms with Gasteiger partial charge in [0.2, 0.25) is 0 Å². The molecule has 1 aromatic rings. The van der Waals surface area contributed by atoms with Crippen molar-refractivity contribution in [3.05, 3.63) is 34.6 Å². The first-order valence-corrected chi connectivity index (χ1v) is 6.89. The Bertz CT molecular complexity index is 436. The van der Waals surface area contributed by atoms with Gasteiger partial charge in [0, 0.05) is 5.56 Å². The van der Waals surface area contributed by atoms with E-state index < -0.39 is 24.6 Å². The molecule has 0 radical (unpaired) electrons. The van der Waals surface area contributed by atoms with Crippen molar-refractivity contribution in [2.45, 2.75) is 39.4 Å². The van der Waals surface area contributed by atoms with Crippen LogP contribution < -0.4 is 5.32 Å². The summed E-state index contributed by atoms with van der Waals surface area (Å²) in [5.41, 5.74) is 1.85. The highest BCUT2D eigenvalue weighted by Crippen LogP contribution is 2.24. The minimum Gasteiger partial charge on any atom is -0.370 e. The summed E-state index contributed by atoms with van der Waals surface area (Å²) in [5.74, 6) is -0.420. The summed E-state index contributed by atoms with van der Waals surface area (Å²) in [5, 5.41) is 3.04. The van der Waals surface area contributed by atoms with Crippen LogP contribution in [0.1, 0.15) is 36.1 Å². The number of hydrogen-bond acceptors (Lipinski definition) is 2. The molecule has 0 heterocycles. The Morgan fingerprint density at radius 3 is 2.43 bits per heavy atom. The van der Waals surface area contributed by atoms with Crippen molar-refractivity contribution >= 4 is 0 Å². The molecule has 0 saturated heterocycles. The van der Waals surface area contributed by atoms with Crippen LogP contribution in [-0.2, 0) is 4.74 Å². The maximum atomic E-state index is 14.1. The lowest BCUT2D eigenvalue weighted by molar-refractivity contribution is -0.175. The lowest BCUT2D eigenvalue weighted by Crippen LogP contribution is -2.30. The van der Waals surface area contributed by atoms with Gasteiger partial charge in [0.25, 0.3) is 0 Å². The zero-order valence-electron chi connectivity index (χ0n) is 12.5. The van der Waals surface area contributed by atoms with Crippen molar-refractivity contribution in [3.8, 4) is 0 Å². The van der Waals surface area contributed by atoms with Crippen LogP contribution in [0.15, 0.2) is 12.1 Å². The largest absolute Gasteiger partial charge is 0.411 e. The van der Waals surface area contributed by atoms with Gasteiger partial charge in [-0.3, -0.25) is 0 Å². The zero-order chi connectivity index (χ0) is 16.0. The molecule has 0 amide bonds. The number of benzene rings is 1. The summed E-state index contributed by atoms with van der Waals surface area (Å²) >= 11 is 0. The van der Waals surface area contributed by atoms with E-state index in [4.69, 9.17) is 4.74 Å². The summed E-state index contributed by atoms with van der Waals surface area (Å²) in [7, 11) is 0. The van der Waals surface area contributed by atoms with Crippen molar-refractivity contribution in [2.24, 2.45) is 0 Å². The van der Waals surface area contributed by atoms with Crippen molar-refractivity contribution < 1.29 is 22.3 Å². The fraction of sp³-hybridized carbons (Fsp3) is 0.600. The molecule has 1 atom stereocenters. The van der Waals surface area contributed by atoms with Gasteiger partial charge in [0.1, 0.15) is 12.4 Å². The predicted molar refractivity (Wildman–Crippen MR) is 73.8 cm³/mol. The number of rotatable bonds is 7. The van der Waals surface area contributed by atoms with E-state index in [1.54, 1.807) is 13.8 Å². The van der Waals surface area contributed by atoms with E-state index in [1.165, 1.54) is 6.07 Å². The number of halogens is 4. The Morgan fingerprint density at radius 1 is 1.24 bits per heavy atom. The van der Waals surface area contributed by atoms with Gasteiger partial charge in [-0.15, -0.1) is 0 Å². The number of hydrogen-bond donors (Lipinski definition) is 1. The van der Waals surface area contributed by atoms with Gasteiger partial charge in [-0.25, -0.2) is 4.39 Å². The molecule has 0 aliphatic carbocycles. The Balaban J connectivity index is 2.87. The van der Waals surface area contributed by atoms with E-state index in [-0.39, 0.29) is 6.61 Å². The fourth-order valence-corrected chi connectivity index (χ4v) is 2.22. The molecule has 1 N–H and O–H groups in total. The first-order chi connectivity index (χ1) is 9.74. The number of nitrogens with one attached hydrogen (secondary N) is 1. The number of ether oxygens (including phenoxy) is 1. The standard InChI is InChI=1S/C15H21F4NO/c1-4-5-20-13(8-21-9-15(17,18)19)14-11(3)6-10(2)7-12(14)16/h6-7,13,20H,4-5,8-9H2,1-3H3. The monoisotopic (exact) mass is 307 g/mol. The van der Waals surface area contributed by atoms with Crippen molar-refractivity contribution in [1.29, 1.82) is 0 Å². The van der Waals surface area contributed by atoms with Crippen LogP contribution in [0.5, 0.6) is 0 Å². The van der Waals surface area contributed by atoms with Gasteiger partial charge in [-0.05, 0) is 44.0 Å². The van der Waals surface area contributed by atoms with Crippen LogP contribution in [0.2, 0.25) is 0 Å². The highest BCUT2D eigenvalue weighted by Gasteiger charge is 2.28. The van der Waals surface area contributed by atoms with E-state index in [1.807, 2.05) is 13.0 Å². The van der Waals surface area contributed by atoms with E-state index in [2.05, 4.69) is 5.32 Å². The van der Waals surface area contributed by atoms with E-state index in [0.717, 1.165) is 12.0 Å². The van der Waals surface area contributed by atoms with Gasteiger partial charge in [0.05, 0.1) is 12.6 Å². The summed E-state index contributed by atoms with van der Waals surface area (Å²) in [6, 6.07) is 2.60. The molecule has 21 heavy (non-hydrogen) atoms. The van der Waals surface area contributed by atoms with Crippen LogP contribution in [0, 0.1) is 19.7 Å². The van der Waals surface area contributed by atoms with Gasteiger partial charge in [-0.1, -0.05) is 13.0 Å². The molecule has 0 bridgehead atoms. The fourth-order valence-electron chi connectivity index (χ4n) is 2.22. The second kappa shape index (κ2) is 7.75. The van der Waals surface area contributed by atoms with Crippen molar-refractivity contribution in [2.75, 3.05) is 19.8 Å². The van der Waals surface area contributed by atoms with E-state index in [9.17, 15) is 17.6 Å². The topological polar surface area (TPSA) is 21.3 Å². The molecule has 2 nitrogen and oxygen atoms in total. The van der Waals surface area contributed by atoms with Gasteiger partial charge < -0.3 is 10.1 Å². The maximum absolute atomic E-state index is 14.1. The molecular weight excluding hydrogens is 286 g/mol. The first-order valence-electron chi connectivity index (χ1n) is 6.89. The molecule has 1 aromatic carbocycles. The van der Waals surface area contributed by atoms with Crippen molar-refractivity contribution in [1.82, 2.24) is 5.32 Å². The third-order valence-electron chi connectivity index (χ3n) is 3.02. The smallest absolute Gasteiger partial charge is 0.370 e. The minimum atomic E-state index is -4.38. The van der Waals surface area contributed by atoms with Gasteiger partial charge in [-0.2, -0.15) is 13.2 Å². The third-order valence-corrected chi connectivity index (χ3v) is 3.02. The summed E-state index contributed by atoms with van der Waals surface area (Å²) in [6.07, 6.45) is -3.58. The third kappa shape index (κ3) is 6.01. The van der Waals surface area contributed by atoms with Crippen LogP contribution >= 0.6 is 0 Å². The summed E-state index contributed by atoms with van der Waals surface area (Å²) in [4.78, 5) is 0. The number of aryl methyl sites for hydroxylation is 2. The Kier molecular flexibility index (Phi) is 6.61. The van der Waals surface area contributed by atoms with Crippen LogP contribution in [0.3, 0.4) is 0 Å².